The van der Waals surface area contributed by atoms with Crippen LogP contribution in [0.1, 0.15) is 17.4 Å². The molecule has 1 heterocycles. The predicted octanol–water partition coefficient (Wildman–Crippen LogP) is 0.804. The number of hydrogen-bond donors (Lipinski definition) is 1. The van der Waals surface area contributed by atoms with E-state index in [0.717, 1.165) is 0 Å². The highest BCUT2D eigenvalue weighted by atomic mass is 16.4. The van der Waals surface area contributed by atoms with Gasteiger partial charge in [-0.2, -0.15) is 5.26 Å². The van der Waals surface area contributed by atoms with Gasteiger partial charge in [-0.05, 0) is 19.1 Å². The number of rotatable bonds is 5. The molecular weight excluding hydrogens is 234 g/mol. The quantitative estimate of drug-likeness (QED) is 0.836. The second-order valence-corrected chi connectivity index (χ2v) is 4.13. The number of nitriles is 1. The number of aromatic nitrogens is 1. The van der Waals surface area contributed by atoms with Gasteiger partial charge in [-0.3, -0.25) is 4.79 Å². The lowest BCUT2D eigenvalue weighted by molar-refractivity contribution is -0.130. The Bertz CT molecular complexity index is 487. The van der Waals surface area contributed by atoms with E-state index in [2.05, 4.69) is 0 Å². The molecule has 0 aliphatic carbocycles. The summed E-state index contributed by atoms with van der Waals surface area (Å²) in [5.41, 5.74) is 0.0741. The first-order valence-corrected chi connectivity index (χ1v) is 5.47. The summed E-state index contributed by atoms with van der Waals surface area (Å²) in [5.74, 6) is -1.54. The van der Waals surface area contributed by atoms with Crippen LogP contribution in [0.4, 0.5) is 0 Å². The molecule has 1 unspecified atom stereocenters. The van der Waals surface area contributed by atoms with Crippen LogP contribution >= 0.6 is 0 Å². The lowest BCUT2D eigenvalue weighted by Gasteiger charge is -2.19. The van der Waals surface area contributed by atoms with E-state index in [9.17, 15) is 9.59 Å². The molecule has 1 amide bonds. The van der Waals surface area contributed by atoms with Gasteiger partial charge in [-0.25, -0.2) is 4.79 Å². The summed E-state index contributed by atoms with van der Waals surface area (Å²) in [7, 11) is 1.60. The van der Waals surface area contributed by atoms with Crippen LogP contribution in [0, 0.1) is 17.2 Å². The highest BCUT2D eigenvalue weighted by Crippen LogP contribution is 2.04. The Kier molecular flexibility index (Phi) is 4.49. The minimum absolute atomic E-state index is 0.0384. The molecule has 0 fully saturated rings. The van der Waals surface area contributed by atoms with E-state index < -0.39 is 5.97 Å². The van der Waals surface area contributed by atoms with Gasteiger partial charge in [0.2, 0.25) is 5.91 Å². The van der Waals surface area contributed by atoms with Gasteiger partial charge in [-0.1, -0.05) is 0 Å². The number of carboxylic acid groups (broad SMARTS) is 1. The van der Waals surface area contributed by atoms with Crippen molar-refractivity contribution < 1.29 is 14.7 Å². The van der Waals surface area contributed by atoms with E-state index in [1.54, 1.807) is 26.2 Å². The minimum Gasteiger partial charge on any atom is -0.477 e. The highest BCUT2D eigenvalue weighted by Gasteiger charge is 2.15. The van der Waals surface area contributed by atoms with Gasteiger partial charge in [0.15, 0.2) is 0 Å². The van der Waals surface area contributed by atoms with E-state index in [0.29, 0.717) is 6.54 Å². The van der Waals surface area contributed by atoms with E-state index in [-0.39, 0.29) is 24.1 Å². The Morgan fingerprint density at radius 3 is 2.83 bits per heavy atom. The molecule has 0 aromatic carbocycles. The highest BCUT2D eigenvalue weighted by molar-refractivity contribution is 5.86. The largest absolute Gasteiger partial charge is 0.477 e. The van der Waals surface area contributed by atoms with Gasteiger partial charge in [0, 0.05) is 19.8 Å². The van der Waals surface area contributed by atoms with Crippen LogP contribution in [0.15, 0.2) is 18.3 Å². The van der Waals surface area contributed by atoms with Crippen molar-refractivity contribution >= 4 is 11.9 Å². The molecule has 0 aliphatic rings. The molecule has 18 heavy (non-hydrogen) atoms. The summed E-state index contributed by atoms with van der Waals surface area (Å²) in [4.78, 5) is 24.1. The van der Waals surface area contributed by atoms with Crippen molar-refractivity contribution in [1.82, 2.24) is 9.47 Å². The van der Waals surface area contributed by atoms with Crippen molar-refractivity contribution in [3.63, 3.8) is 0 Å². The molecule has 1 aromatic heterocycles. The number of aromatic carboxylic acids is 1. The number of carbonyl (C=O) groups excluding carboxylic acids is 1. The summed E-state index contributed by atoms with van der Waals surface area (Å²) < 4.78 is 1.37. The maximum Gasteiger partial charge on any atom is 0.352 e. The standard InChI is InChI=1S/C12H15N3O3/c1-9(6-13)7-14(2)11(16)8-15-5-3-4-10(15)12(17)18/h3-5,9H,7-8H2,1-2H3,(H,17,18). The fraction of sp³-hybridized carbons (Fsp3) is 0.417. The first kappa shape index (κ1) is 13.8. The predicted molar refractivity (Wildman–Crippen MR) is 63.8 cm³/mol. The second kappa shape index (κ2) is 5.87. The number of nitrogens with zero attached hydrogens (tertiary/aromatic N) is 3. The number of likely N-dealkylation sites (N-methyl/N-ethyl adjacent to an activating group) is 1. The third-order valence-corrected chi connectivity index (χ3v) is 2.55. The first-order chi connectivity index (χ1) is 8.45. The van der Waals surface area contributed by atoms with Crippen molar-refractivity contribution in [2.75, 3.05) is 13.6 Å². The molecule has 6 heteroatoms. The maximum absolute atomic E-state index is 11.8. The molecule has 0 spiro atoms. The third-order valence-electron chi connectivity index (χ3n) is 2.55. The fourth-order valence-corrected chi connectivity index (χ4v) is 1.57. The van der Waals surface area contributed by atoms with Gasteiger partial charge in [0.1, 0.15) is 12.2 Å². The van der Waals surface area contributed by atoms with Crippen LogP contribution in [-0.4, -0.2) is 40.0 Å². The zero-order valence-electron chi connectivity index (χ0n) is 10.3. The van der Waals surface area contributed by atoms with Crippen molar-refractivity contribution in [1.29, 1.82) is 5.26 Å². The Hall–Kier alpha value is -2.29. The molecule has 0 radical (unpaired) electrons. The van der Waals surface area contributed by atoms with E-state index in [4.69, 9.17) is 10.4 Å². The van der Waals surface area contributed by atoms with Crippen molar-refractivity contribution in [2.45, 2.75) is 13.5 Å². The van der Waals surface area contributed by atoms with E-state index in [1.807, 2.05) is 6.07 Å². The summed E-state index contributed by atoms with van der Waals surface area (Å²) in [6.07, 6.45) is 1.54. The lowest BCUT2D eigenvalue weighted by atomic mass is 10.2. The SMILES string of the molecule is CC(C#N)CN(C)C(=O)Cn1cccc1C(=O)O. The van der Waals surface area contributed by atoms with E-state index >= 15 is 0 Å². The first-order valence-electron chi connectivity index (χ1n) is 5.47. The van der Waals surface area contributed by atoms with Crippen molar-refractivity contribution in [2.24, 2.45) is 5.92 Å². The molecule has 0 saturated carbocycles. The van der Waals surface area contributed by atoms with Crippen molar-refractivity contribution in [3.05, 3.63) is 24.0 Å². The summed E-state index contributed by atoms with van der Waals surface area (Å²) in [5, 5.41) is 17.6. The molecular formula is C12H15N3O3. The normalized spacial score (nSPS) is 11.6. The van der Waals surface area contributed by atoms with Crippen LogP contribution in [-0.2, 0) is 11.3 Å². The topological polar surface area (TPSA) is 86.3 Å². The van der Waals surface area contributed by atoms with Gasteiger partial charge in [0.25, 0.3) is 0 Å². The van der Waals surface area contributed by atoms with Crippen LogP contribution in [0.2, 0.25) is 0 Å². The maximum atomic E-state index is 11.8. The average Bonchev–Trinajstić information content (AvgIpc) is 2.76. The molecule has 0 aliphatic heterocycles. The summed E-state index contributed by atoms with van der Waals surface area (Å²) >= 11 is 0. The zero-order valence-corrected chi connectivity index (χ0v) is 10.3. The number of hydrogen-bond acceptors (Lipinski definition) is 3. The third kappa shape index (κ3) is 3.35. The van der Waals surface area contributed by atoms with Crippen LogP contribution < -0.4 is 0 Å². The Labute approximate surface area is 105 Å². The van der Waals surface area contributed by atoms with Gasteiger partial charge >= 0.3 is 5.97 Å². The molecule has 1 atom stereocenters. The Balaban J connectivity index is 2.67. The molecule has 1 rings (SSSR count). The summed E-state index contributed by atoms with van der Waals surface area (Å²) in [6, 6.07) is 5.06. The molecule has 1 N–H and O–H groups in total. The molecule has 0 bridgehead atoms. The number of carboxylic acids is 1. The lowest BCUT2D eigenvalue weighted by Crippen LogP contribution is -2.33. The van der Waals surface area contributed by atoms with Crippen LogP contribution in [0.25, 0.3) is 0 Å². The van der Waals surface area contributed by atoms with E-state index in [1.165, 1.54) is 15.5 Å². The smallest absolute Gasteiger partial charge is 0.352 e. The summed E-state index contributed by atoms with van der Waals surface area (Å²) in [6.45, 7) is 2.02. The minimum atomic E-state index is -1.07. The number of carbonyl (C=O) groups is 2. The van der Waals surface area contributed by atoms with Crippen LogP contribution in [0.3, 0.4) is 0 Å². The molecule has 0 saturated heterocycles. The molecule has 1 aromatic rings. The average molecular weight is 249 g/mol. The van der Waals surface area contributed by atoms with Crippen molar-refractivity contribution in [3.8, 4) is 6.07 Å². The number of amides is 1. The zero-order chi connectivity index (χ0) is 13.7. The monoisotopic (exact) mass is 249 g/mol. The second-order valence-electron chi connectivity index (χ2n) is 4.13. The molecule has 6 nitrogen and oxygen atoms in total. The van der Waals surface area contributed by atoms with Crippen LogP contribution in [0.5, 0.6) is 0 Å². The van der Waals surface area contributed by atoms with Gasteiger partial charge in [-0.15, -0.1) is 0 Å². The Morgan fingerprint density at radius 2 is 2.28 bits per heavy atom. The van der Waals surface area contributed by atoms with Gasteiger partial charge < -0.3 is 14.6 Å². The Morgan fingerprint density at radius 1 is 1.61 bits per heavy atom. The molecule has 96 valence electrons. The van der Waals surface area contributed by atoms with Gasteiger partial charge in [0.05, 0.1) is 12.0 Å². The fourth-order valence-electron chi connectivity index (χ4n) is 1.57.